The van der Waals surface area contributed by atoms with Gasteiger partial charge in [0.2, 0.25) is 0 Å². The summed E-state index contributed by atoms with van der Waals surface area (Å²) in [6, 6.07) is 10.7. The Morgan fingerprint density at radius 3 is 2.83 bits per heavy atom. The molecule has 11 heteroatoms. The molecule has 1 amide bonds. The predicted molar refractivity (Wildman–Crippen MR) is 107 cm³/mol. The van der Waals surface area contributed by atoms with Crippen LogP contribution in [-0.4, -0.2) is 30.7 Å². The Morgan fingerprint density at radius 1 is 1.27 bits per heavy atom. The number of carbonyl (C=O) groups is 1. The number of halogens is 1. The summed E-state index contributed by atoms with van der Waals surface area (Å²) in [5.74, 6) is -0.634. The summed E-state index contributed by atoms with van der Waals surface area (Å²) >= 11 is 5.93. The van der Waals surface area contributed by atoms with Crippen molar-refractivity contribution in [2.45, 2.75) is 0 Å². The first-order valence-electron chi connectivity index (χ1n) is 8.45. The summed E-state index contributed by atoms with van der Waals surface area (Å²) in [4.78, 5) is 27.1. The Balaban J connectivity index is 1.63. The Bertz CT molecular complexity index is 1250. The number of nitrogens with zero attached hydrogens (tertiary/aromatic N) is 4. The van der Waals surface area contributed by atoms with Gasteiger partial charge < -0.3 is 14.8 Å². The van der Waals surface area contributed by atoms with E-state index in [2.05, 4.69) is 15.4 Å². The average Bonchev–Trinajstić information content (AvgIpc) is 3.38. The van der Waals surface area contributed by atoms with Crippen molar-refractivity contribution in [3.63, 3.8) is 0 Å². The number of nitro benzene ring substituents is 1. The zero-order valence-corrected chi connectivity index (χ0v) is 15.8. The van der Waals surface area contributed by atoms with Crippen molar-refractivity contribution in [1.82, 2.24) is 14.8 Å². The van der Waals surface area contributed by atoms with Gasteiger partial charge in [0.15, 0.2) is 23.6 Å². The molecule has 0 radical (unpaired) electrons. The van der Waals surface area contributed by atoms with Crippen LogP contribution in [0.3, 0.4) is 0 Å². The van der Waals surface area contributed by atoms with Gasteiger partial charge in [-0.25, -0.2) is 9.67 Å². The molecule has 0 unspecified atom stereocenters. The molecule has 0 aliphatic heterocycles. The maximum atomic E-state index is 12.6. The van der Waals surface area contributed by atoms with Gasteiger partial charge in [0, 0.05) is 22.3 Å². The van der Waals surface area contributed by atoms with E-state index in [1.165, 1.54) is 30.8 Å². The maximum Gasteiger partial charge on any atom is 0.294 e. The highest BCUT2D eigenvalue weighted by Crippen LogP contribution is 2.29. The molecule has 0 atom stereocenters. The van der Waals surface area contributed by atoms with Crippen LogP contribution in [0.15, 0.2) is 65.7 Å². The molecular formula is C19H12ClN5O5. The third-order valence-corrected chi connectivity index (χ3v) is 4.36. The topological polar surface area (TPSA) is 136 Å². The van der Waals surface area contributed by atoms with Crippen LogP contribution < -0.4 is 5.32 Å². The van der Waals surface area contributed by atoms with Gasteiger partial charge in [-0.05, 0) is 24.3 Å². The predicted octanol–water partition coefficient (Wildman–Crippen LogP) is 4.05. The number of anilines is 1. The molecule has 0 spiro atoms. The number of carbonyl (C=O) groups excluding carboxylic acids is 1. The first-order valence-corrected chi connectivity index (χ1v) is 8.83. The molecule has 0 bridgehead atoms. The van der Waals surface area contributed by atoms with E-state index in [4.69, 9.17) is 16.0 Å². The number of benzene rings is 2. The summed E-state index contributed by atoms with van der Waals surface area (Å²) in [5, 5.41) is 28.3. The Kier molecular flexibility index (Phi) is 4.90. The lowest BCUT2D eigenvalue weighted by Gasteiger charge is -2.05. The van der Waals surface area contributed by atoms with Gasteiger partial charge in [-0.1, -0.05) is 23.7 Å². The SMILES string of the molecule is O=C(Nc1cccc(-c2cnco2)c1)c1nn(-c2cc(Cl)ccc2[N+](=O)[O-])cc1O. The van der Waals surface area contributed by atoms with E-state index in [0.717, 1.165) is 10.9 Å². The number of rotatable bonds is 5. The van der Waals surface area contributed by atoms with Crippen molar-refractivity contribution in [3.05, 3.63) is 82.1 Å². The van der Waals surface area contributed by atoms with Gasteiger partial charge in [-0.15, -0.1) is 0 Å². The number of aromatic nitrogens is 3. The largest absolute Gasteiger partial charge is 0.504 e. The van der Waals surface area contributed by atoms with Crippen LogP contribution >= 0.6 is 11.6 Å². The summed E-state index contributed by atoms with van der Waals surface area (Å²) in [5.41, 5.74) is 0.531. The van der Waals surface area contributed by atoms with Crippen LogP contribution in [0.5, 0.6) is 5.75 Å². The zero-order chi connectivity index (χ0) is 21.3. The highest BCUT2D eigenvalue weighted by atomic mass is 35.5. The standard InChI is InChI=1S/C19H12ClN5O5/c20-12-4-5-14(25(28)29)15(7-12)24-9-16(26)18(23-24)19(27)22-13-3-1-2-11(6-13)17-8-21-10-30-17/h1-10,26H,(H,22,27). The number of aromatic hydroxyl groups is 1. The molecule has 0 saturated heterocycles. The molecule has 150 valence electrons. The van der Waals surface area contributed by atoms with E-state index >= 15 is 0 Å². The second-order valence-corrected chi connectivity index (χ2v) is 6.53. The lowest BCUT2D eigenvalue weighted by atomic mass is 10.1. The fourth-order valence-electron chi connectivity index (χ4n) is 2.78. The van der Waals surface area contributed by atoms with Gasteiger partial charge in [-0.2, -0.15) is 5.10 Å². The first kappa shape index (κ1) is 19.2. The Hall–Kier alpha value is -4.18. The van der Waals surface area contributed by atoms with E-state index in [0.29, 0.717) is 17.0 Å². The molecule has 0 aliphatic carbocycles. The van der Waals surface area contributed by atoms with Crippen molar-refractivity contribution in [2.75, 3.05) is 5.32 Å². The molecular weight excluding hydrogens is 414 g/mol. The molecule has 10 nitrogen and oxygen atoms in total. The summed E-state index contributed by atoms with van der Waals surface area (Å²) in [6.45, 7) is 0. The number of amides is 1. The second kappa shape index (κ2) is 7.68. The number of oxazole rings is 1. The third-order valence-electron chi connectivity index (χ3n) is 4.13. The minimum atomic E-state index is -0.703. The van der Waals surface area contributed by atoms with E-state index in [1.54, 1.807) is 24.3 Å². The quantitative estimate of drug-likeness (QED) is 0.363. The minimum absolute atomic E-state index is 0.00849. The second-order valence-electron chi connectivity index (χ2n) is 6.10. The van der Waals surface area contributed by atoms with E-state index in [1.807, 2.05) is 0 Å². The number of hydrogen-bond donors (Lipinski definition) is 2. The molecule has 0 saturated carbocycles. The fraction of sp³-hybridized carbons (Fsp3) is 0. The average molecular weight is 426 g/mol. The lowest BCUT2D eigenvalue weighted by Crippen LogP contribution is -2.13. The van der Waals surface area contributed by atoms with Crippen molar-refractivity contribution >= 4 is 28.9 Å². The molecule has 2 N–H and O–H groups in total. The zero-order valence-electron chi connectivity index (χ0n) is 15.0. The normalized spacial score (nSPS) is 10.7. The molecule has 2 aromatic heterocycles. The summed E-state index contributed by atoms with van der Waals surface area (Å²) in [6.07, 6.45) is 3.92. The number of nitrogens with one attached hydrogen (secondary N) is 1. The smallest absolute Gasteiger partial charge is 0.294 e. The summed E-state index contributed by atoms with van der Waals surface area (Å²) < 4.78 is 6.26. The van der Waals surface area contributed by atoms with Crippen LogP contribution in [0.4, 0.5) is 11.4 Å². The van der Waals surface area contributed by atoms with Crippen molar-refractivity contribution in [3.8, 4) is 22.8 Å². The van der Waals surface area contributed by atoms with Gasteiger partial charge in [0.1, 0.15) is 5.69 Å². The molecule has 30 heavy (non-hydrogen) atoms. The molecule has 2 heterocycles. The van der Waals surface area contributed by atoms with E-state index in [9.17, 15) is 20.0 Å². The van der Waals surface area contributed by atoms with Crippen LogP contribution in [-0.2, 0) is 0 Å². The Morgan fingerprint density at radius 2 is 2.10 bits per heavy atom. The summed E-state index contributed by atoms with van der Waals surface area (Å²) in [7, 11) is 0. The Labute approximate surface area is 173 Å². The third kappa shape index (κ3) is 3.71. The maximum absolute atomic E-state index is 12.6. The van der Waals surface area contributed by atoms with Gasteiger partial charge >= 0.3 is 0 Å². The van der Waals surface area contributed by atoms with Crippen molar-refractivity contribution in [2.24, 2.45) is 0 Å². The minimum Gasteiger partial charge on any atom is -0.504 e. The first-order chi connectivity index (χ1) is 14.4. The molecule has 0 aliphatic rings. The number of nitro groups is 1. The molecule has 0 fully saturated rings. The van der Waals surface area contributed by atoms with E-state index in [-0.39, 0.29) is 22.1 Å². The lowest BCUT2D eigenvalue weighted by molar-refractivity contribution is -0.384. The van der Waals surface area contributed by atoms with Crippen LogP contribution in [0.1, 0.15) is 10.5 Å². The highest BCUT2D eigenvalue weighted by Gasteiger charge is 2.22. The molecule has 4 rings (SSSR count). The highest BCUT2D eigenvalue weighted by molar-refractivity contribution is 6.30. The van der Waals surface area contributed by atoms with Crippen molar-refractivity contribution < 1.29 is 19.2 Å². The van der Waals surface area contributed by atoms with Gasteiger partial charge in [0.05, 0.1) is 17.3 Å². The fourth-order valence-corrected chi connectivity index (χ4v) is 2.95. The van der Waals surface area contributed by atoms with Crippen LogP contribution in [0.25, 0.3) is 17.0 Å². The van der Waals surface area contributed by atoms with Gasteiger partial charge in [0.25, 0.3) is 11.6 Å². The molecule has 4 aromatic rings. The van der Waals surface area contributed by atoms with Crippen LogP contribution in [0.2, 0.25) is 5.02 Å². The molecule has 2 aromatic carbocycles. The van der Waals surface area contributed by atoms with E-state index < -0.39 is 16.6 Å². The number of hydrogen-bond acceptors (Lipinski definition) is 7. The monoisotopic (exact) mass is 425 g/mol. The van der Waals surface area contributed by atoms with Crippen LogP contribution in [0, 0.1) is 10.1 Å². The van der Waals surface area contributed by atoms with Crippen molar-refractivity contribution in [1.29, 1.82) is 0 Å². The van der Waals surface area contributed by atoms with Gasteiger partial charge in [-0.3, -0.25) is 14.9 Å².